The summed E-state index contributed by atoms with van der Waals surface area (Å²) in [4.78, 5) is 24.7. The lowest BCUT2D eigenvalue weighted by Gasteiger charge is -2.06. The van der Waals surface area contributed by atoms with Crippen molar-refractivity contribution in [3.8, 4) is 0 Å². The van der Waals surface area contributed by atoms with Gasteiger partial charge in [-0.15, -0.1) is 0 Å². The zero-order valence-electron chi connectivity index (χ0n) is 12.3. The first-order valence-corrected chi connectivity index (χ1v) is 7.70. The zero-order valence-corrected chi connectivity index (χ0v) is 13.8. The Labute approximate surface area is 136 Å². The van der Waals surface area contributed by atoms with Crippen molar-refractivity contribution in [3.05, 3.63) is 75.5 Å². The number of rotatable bonds is 3. The highest BCUT2D eigenvalue weighted by Crippen LogP contribution is 2.23. The minimum absolute atomic E-state index is 0.0436. The van der Waals surface area contributed by atoms with Crippen LogP contribution in [0.1, 0.15) is 39.0 Å². The Morgan fingerprint density at radius 3 is 2.36 bits per heavy atom. The summed E-state index contributed by atoms with van der Waals surface area (Å²) in [6.45, 7) is 3.45. The van der Waals surface area contributed by atoms with Gasteiger partial charge < -0.3 is 4.40 Å². The molecule has 0 spiro atoms. The monoisotopic (exact) mass is 355 g/mol. The molecule has 0 saturated carbocycles. The highest BCUT2D eigenvalue weighted by Gasteiger charge is 2.19. The number of halogens is 1. The summed E-state index contributed by atoms with van der Waals surface area (Å²) >= 11 is 3.36. The van der Waals surface area contributed by atoms with Gasteiger partial charge in [0.2, 0.25) is 5.78 Å². The Bertz CT molecular complexity index is 891. The van der Waals surface area contributed by atoms with E-state index in [0.29, 0.717) is 16.8 Å². The quantitative estimate of drug-likeness (QED) is 0.651. The number of benzene rings is 1. The first-order valence-electron chi connectivity index (χ1n) is 6.91. The van der Waals surface area contributed by atoms with E-state index >= 15 is 0 Å². The van der Waals surface area contributed by atoms with Crippen LogP contribution in [0, 0.1) is 6.92 Å². The Morgan fingerprint density at radius 2 is 1.73 bits per heavy atom. The van der Waals surface area contributed by atoms with Gasteiger partial charge in [0, 0.05) is 21.3 Å². The second-order valence-corrected chi connectivity index (χ2v) is 6.14. The molecule has 0 fully saturated rings. The molecule has 3 nitrogen and oxygen atoms in total. The van der Waals surface area contributed by atoms with E-state index < -0.39 is 0 Å². The van der Waals surface area contributed by atoms with Crippen LogP contribution in [0.4, 0.5) is 0 Å². The van der Waals surface area contributed by atoms with Crippen LogP contribution < -0.4 is 0 Å². The number of hydrogen-bond acceptors (Lipinski definition) is 2. The van der Waals surface area contributed by atoms with Crippen molar-refractivity contribution in [1.82, 2.24) is 4.40 Å². The third-order valence-corrected chi connectivity index (χ3v) is 4.23. The number of Topliss-reactive ketones (excluding diaryl/α,β-unsaturated/α-hetero) is 1. The molecule has 0 aliphatic heterocycles. The topological polar surface area (TPSA) is 38.5 Å². The highest BCUT2D eigenvalue weighted by molar-refractivity contribution is 9.10. The van der Waals surface area contributed by atoms with Crippen molar-refractivity contribution >= 4 is 33.0 Å². The average molecular weight is 356 g/mol. The van der Waals surface area contributed by atoms with Gasteiger partial charge in [-0.2, -0.15) is 0 Å². The minimum atomic E-state index is -0.0932. The Balaban J connectivity index is 2.24. The fourth-order valence-corrected chi connectivity index (χ4v) is 2.89. The lowest BCUT2D eigenvalue weighted by atomic mass is 10.1. The van der Waals surface area contributed by atoms with Crippen molar-refractivity contribution in [1.29, 1.82) is 0 Å². The van der Waals surface area contributed by atoms with Crippen LogP contribution in [-0.4, -0.2) is 16.0 Å². The first kappa shape index (κ1) is 14.7. The molecule has 0 saturated heterocycles. The SMILES string of the molecule is CC(=O)c1cc(C(=O)c2ccc(Br)cc2)n2c(C)cccc12. The maximum Gasteiger partial charge on any atom is 0.209 e. The number of hydrogen-bond donors (Lipinski definition) is 0. The van der Waals surface area contributed by atoms with Gasteiger partial charge in [-0.3, -0.25) is 9.59 Å². The summed E-state index contributed by atoms with van der Waals surface area (Å²) in [6.07, 6.45) is 0. The summed E-state index contributed by atoms with van der Waals surface area (Å²) in [5.74, 6) is -0.137. The fraction of sp³-hybridized carbons (Fsp3) is 0.111. The molecule has 0 bridgehead atoms. The highest BCUT2D eigenvalue weighted by atomic mass is 79.9. The third-order valence-electron chi connectivity index (χ3n) is 3.70. The Hall–Kier alpha value is -2.20. The fourth-order valence-electron chi connectivity index (χ4n) is 2.62. The van der Waals surface area contributed by atoms with Crippen molar-refractivity contribution in [2.45, 2.75) is 13.8 Å². The number of fused-ring (bicyclic) bond motifs is 1. The first-order chi connectivity index (χ1) is 10.5. The van der Waals surface area contributed by atoms with E-state index in [0.717, 1.165) is 15.7 Å². The number of pyridine rings is 1. The summed E-state index contributed by atoms with van der Waals surface area (Å²) < 4.78 is 2.77. The molecule has 0 radical (unpaired) electrons. The number of carbonyl (C=O) groups is 2. The van der Waals surface area contributed by atoms with Crippen LogP contribution >= 0.6 is 15.9 Å². The molecular weight excluding hydrogens is 342 g/mol. The van der Waals surface area contributed by atoms with Crippen molar-refractivity contribution < 1.29 is 9.59 Å². The second kappa shape index (κ2) is 5.54. The molecule has 0 aliphatic rings. The van der Waals surface area contributed by atoms with Crippen LogP contribution in [0.5, 0.6) is 0 Å². The maximum absolute atomic E-state index is 12.8. The van der Waals surface area contributed by atoms with Crippen molar-refractivity contribution in [3.63, 3.8) is 0 Å². The smallest absolute Gasteiger partial charge is 0.209 e. The van der Waals surface area contributed by atoms with Crippen LogP contribution in [0.2, 0.25) is 0 Å². The van der Waals surface area contributed by atoms with E-state index in [9.17, 15) is 9.59 Å². The second-order valence-electron chi connectivity index (χ2n) is 5.22. The molecule has 0 aliphatic carbocycles. The lowest BCUT2D eigenvalue weighted by Crippen LogP contribution is -2.06. The van der Waals surface area contributed by atoms with Crippen LogP contribution in [0.25, 0.3) is 5.52 Å². The van der Waals surface area contributed by atoms with E-state index in [-0.39, 0.29) is 11.6 Å². The third kappa shape index (κ3) is 2.40. The summed E-state index contributed by atoms with van der Waals surface area (Å²) in [6, 6.07) is 14.6. The summed E-state index contributed by atoms with van der Waals surface area (Å²) in [5, 5.41) is 0. The molecule has 1 aromatic carbocycles. The minimum Gasteiger partial charge on any atom is -0.310 e. The van der Waals surface area contributed by atoms with Gasteiger partial charge in [-0.25, -0.2) is 0 Å². The average Bonchev–Trinajstić information content (AvgIpc) is 2.88. The number of aryl methyl sites for hydroxylation is 1. The van der Waals surface area contributed by atoms with E-state index in [4.69, 9.17) is 0 Å². The predicted molar refractivity (Wildman–Crippen MR) is 89.7 cm³/mol. The molecule has 0 N–H and O–H groups in total. The van der Waals surface area contributed by atoms with Gasteiger partial charge in [0.25, 0.3) is 0 Å². The number of aromatic nitrogens is 1. The molecule has 22 heavy (non-hydrogen) atoms. The lowest BCUT2D eigenvalue weighted by molar-refractivity contribution is 0.101. The molecule has 0 amide bonds. The van der Waals surface area contributed by atoms with Gasteiger partial charge in [-0.1, -0.05) is 22.0 Å². The van der Waals surface area contributed by atoms with Crippen LogP contribution in [0.3, 0.4) is 0 Å². The molecule has 4 heteroatoms. The molecule has 2 heterocycles. The Kier molecular flexibility index (Phi) is 3.71. The van der Waals surface area contributed by atoms with Gasteiger partial charge in [-0.05, 0) is 56.3 Å². The van der Waals surface area contributed by atoms with Crippen LogP contribution in [0.15, 0.2) is 53.0 Å². The van der Waals surface area contributed by atoms with E-state index in [1.807, 2.05) is 41.7 Å². The molecule has 110 valence electrons. The van der Waals surface area contributed by atoms with Gasteiger partial charge >= 0.3 is 0 Å². The van der Waals surface area contributed by atoms with Gasteiger partial charge in [0.05, 0.1) is 11.2 Å². The van der Waals surface area contributed by atoms with E-state index in [1.54, 1.807) is 18.2 Å². The van der Waals surface area contributed by atoms with E-state index in [1.165, 1.54) is 6.92 Å². The van der Waals surface area contributed by atoms with Crippen molar-refractivity contribution in [2.24, 2.45) is 0 Å². The summed E-state index contributed by atoms with van der Waals surface area (Å²) in [5.41, 5.74) is 3.38. The maximum atomic E-state index is 12.8. The molecule has 3 rings (SSSR count). The number of nitrogens with zero attached hydrogens (tertiary/aromatic N) is 1. The van der Waals surface area contributed by atoms with E-state index in [2.05, 4.69) is 15.9 Å². The standard InChI is InChI=1S/C18H14BrNO2/c1-11-4-3-5-16-15(12(2)21)10-17(20(11)16)18(22)13-6-8-14(19)9-7-13/h3-10H,1-2H3. The molecule has 2 aromatic heterocycles. The molecular formula is C18H14BrNO2. The number of ketones is 2. The zero-order chi connectivity index (χ0) is 15.9. The van der Waals surface area contributed by atoms with Gasteiger partial charge in [0.15, 0.2) is 5.78 Å². The molecule has 3 aromatic rings. The van der Waals surface area contributed by atoms with Crippen LogP contribution in [-0.2, 0) is 0 Å². The normalized spacial score (nSPS) is 10.9. The number of carbonyl (C=O) groups excluding carboxylic acids is 2. The largest absolute Gasteiger partial charge is 0.310 e. The molecule has 0 unspecified atom stereocenters. The summed E-state index contributed by atoms with van der Waals surface area (Å²) in [7, 11) is 0. The van der Waals surface area contributed by atoms with Gasteiger partial charge in [0.1, 0.15) is 0 Å². The van der Waals surface area contributed by atoms with Crippen molar-refractivity contribution in [2.75, 3.05) is 0 Å². The molecule has 0 atom stereocenters. The predicted octanol–water partition coefficient (Wildman–Crippen LogP) is 4.44. The Morgan fingerprint density at radius 1 is 1.05 bits per heavy atom.